The molecule has 1 atom stereocenters. The lowest BCUT2D eigenvalue weighted by molar-refractivity contribution is 0.0835. The summed E-state index contributed by atoms with van der Waals surface area (Å²) in [5, 5.41) is 6.83. The first-order valence-electron chi connectivity index (χ1n) is 8.68. The largest absolute Gasteiger partial charge is 0.464 e. The van der Waals surface area contributed by atoms with Gasteiger partial charge in [0.25, 0.3) is 5.89 Å². The maximum atomic E-state index is 12.3. The van der Waals surface area contributed by atoms with Crippen LogP contribution in [0, 0.1) is 6.92 Å². The van der Waals surface area contributed by atoms with Crippen molar-refractivity contribution >= 4 is 6.03 Å². The molecule has 0 saturated carbocycles. The summed E-state index contributed by atoms with van der Waals surface area (Å²) in [6.07, 6.45) is 2.36. The van der Waals surface area contributed by atoms with Gasteiger partial charge in [0.1, 0.15) is 17.6 Å². The van der Waals surface area contributed by atoms with Crippen molar-refractivity contribution in [1.29, 1.82) is 0 Å². The van der Waals surface area contributed by atoms with Crippen LogP contribution in [0.2, 0.25) is 0 Å². The Labute approximate surface area is 146 Å². The smallest absolute Gasteiger partial charge is 0.317 e. The van der Waals surface area contributed by atoms with Crippen LogP contribution in [-0.2, 0) is 17.7 Å². The predicted octanol–water partition coefficient (Wildman–Crippen LogP) is 2.60. The van der Waals surface area contributed by atoms with Crippen LogP contribution in [0.1, 0.15) is 49.1 Å². The summed E-state index contributed by atoms with van der Waals surface area (Å²) in [5.41, 5.74) is 0. The van der Waals surface area contributed by atoms with Crippen LogP contribution in [-0.4, -0.2) is 40.8 Å². The highest BCUT2D eigenvalue weighted by Crippen LogP contribution is 2.26. The zero-order valence-electron chi connectivity index (χ0n) is 14.7. The predicted molar refractivity (Wildman–Crippen MR) is 88.9 cm³/mol. The molecule has 8 nitrogen and oxygen atoms in total. The first kappa shape index (κ1) is 17.5. The van der Waals surface area contributed by atoms with E-state index in [1.54, 1.807) is 4.90 Å². The molecule has 2 amide bonds. The van der Waals surface area contributed by atoms with E-state index in [4.69, 9.17) is 13.7 Å². The summed E-state index contributed by atoms with van der Waals surface area (Å²) >= 11 is 0. The summed E-state index contributed by atoms with van der Waals surface area (Å²) in [7, 11) is 0. The number of amides is 2. The van der Waals surface area contributed by atoms with Gasteiger partial charge in [-0.15, -0.1) is 0 Å². The second-order valence-corrected chi connectivity index (χ2v) is 6.06. The Kier molecular flexibility index (Phi) is 5.70. The Morgan fingerprint density at radius 2 is 2.32 bits per heavy atom. The van der Waals surface area contributed by atoms with Crippen LogP contribution in [0.15, 0.2) is 21.1 Å². The molecule has 0 aromatic carbocycles. The van der Waals surface area contributed by atoms with Gasteiger partial charge in [0.2, 0.25) is 0 Å². The first-order valence-corrected chi connectivity index (χ1v) is 8.68. The quantitative estimate of drug-likeness (QED) is 0.826. The number of aryl methyl sites for hydroxylation is 1. The van der Waals surface area contributed by atoms with E-state index in [0.29, 0.717) is 37.8 Å². The fourth-order valence-electron chi connectivity index (χ4n) is 2.75. The lowest BCUT2D eigenvalue weighted by atomic mass is 10.2. The average Bonchev–Trinajstić information content (AvgIpc) is 3.34. The maximum absolute atomic E-state index is 12.3. The minimum atomic E-state index is -0.139. The van der Waals surface area contributed by atoms with E-state index in [1.165, 1.54) is 0 Å². The second kappa shape index (κ2) is 8.15. The zero-order valence-corrected chi connectivity index (χ0v) is 14.7. The van der Waals surface area contributed by atoms with Crippen molar-refractivity contribution < 1.29 is 18.5 Å². The van der Waals surface area contributed by atoms with Gasteiger partial charge in [-0.2, -0.15) is 4.98 Å². The molecule has 1 N–H and O–H groups in total. The molecule has 0 radical (unpaired) electrons. The Bertz CT molecular complexity index is 690. The van der Waals surface area contributed by atoms with Gasteiger partial charge in [-0.3, -0.25) is 0 Å². The highest BCUT2D eigenvalue weighted by atomic mass is 16.5. The molecule has 1 saturated heterocycles. The SMILES string of the molecule is CCN(Cc1ccc(C)o1)C(=O)NCCc1noc([C@H]2CCCO2)n1. The van der Waals surface area contributed by atoms with E-state index in [2.05, 4.69) is 15.5 Å². The lowest BCUT2D eigenvalue weighted by Crippen LogP contribution is -2.40. The maximum Gasteiger partial charge on any atom is 0.317 e. The molecule has 136 valence electrons. The Balaban J connectivity index is 1.44. The average molecular weight is 348 g/mol. The van der Waals surface area contributed by atoms with Crippen molar-refractivity contribution in [2.24, 2.45) is 0 Å². The van der Waals surface area contributed by atoms with E-state index in [1.807, 2.05) is 26.0 Å². The molecule has 0 spiro atoms. The highest BCUT2D eigenvalue weighted by Gasteiger charge is 2.23. The molecular formula is C17H24N4O4. The number of nitrogens with zero attached hydrogens (tertiary/aromatic N) is 3. The minimum absolute atomic E-state index is 0.0804. The molecule has 3 heterocycles. The second-order valence-electron chi connectivity index (χ2n) is 6.06. The number of ether oxygens (including phenoxy) is 1. The number of hydrogen-bond donors (Lipinski definition) is 1. The molecule has 2 aromatic rings. The molecule has 3 rings (SSSR count). The zero-order chi connectivity index (χ0) is 17.6. The van der Waals surface area contributed by atoms with E-state index in [9.17, 15) is 4.79 Å². The number of carbonyl (C=O) groups excluding carboxylic acids is 1. The summed E-state index contributed by atoms with van der Waals surface area (Å²) in [5.74, 6) is 2.72. The van der Waals surface area contributed by atoms with Crippen LogP contribution in [0.25, 0.3) is 0 Å². The van der Waals surface area contributed by atoms with Crippen LogP contribution < -0.4 is 5.32 Å². The molecular weight excluding hydrogens is 324 g/mol. The monoisotopic (exact) mass is 348 g/mol. The number of nitrogens with one attached hydrogen (secondary N) is 1. The van der Waals surface area contributed by atoms with Crippen molar-refractivity contribution in [2.75, 3.05) is 19.7 Å². The van der Waals surface area contributed by atoms with Crippen LogP contribution in [0.5, 0.6) is 0 Å². The molecule has 1 fully saturated rings. The topological polar surface area (TPSA) is 93.6 Å². The molecule has 0 bridgehead atoms. The third-order valence-corrected chi connectivity index (χ3v) is 4.13. The molecule has 1 aliphatic heterocycles. The fourth-order valence-corrected chi connectivity index (χ4v) is 2.75. The van der Waals surface area contributed by atoms with Gasteiger partial charge in [-0.1, -0.05) is 5.16 Å². The van der Waals surface area contributed by atoms with Gasteiger partial charge in [-0.05, 0) is 38.8 Å². The fraction of sp³-hybridized carbons (Fsp3) is 0.588. The van der Waals surface area contributed by atoms with Gasteiger partial charge >= 0.3 is 6.03 Å². The lowest BCUT2D eigenvalue weighted by Gasteiger charge is -2.20. The van der Waals surface area contributed by atoms with Crippen molar-refractivity contribution in [3.63, 3.8) is 0 Å². The number of rotatable bonds is 7. The first-order chi connectivity index (χ1) is 12.2. The van der Waals surface area contributed by atoms with Gasteiger partial charge in [0, 0.05) is 26.1 Å². The van der Waals surface area contributed by atoms with E-state index >= 15 is 0 Å². The Morgan fingerprint density at radius 1 is 1.44 bits per heavy atom. The van der Waals surface area contributed by atoms with Gasteiger partial charge < -0.3 is 23.9 Å². The summed E-state index contributed by atoms with van der Waals surface area (Å²) in [6, 6.07) is 3.64. The van der Waals surface area contributed by atoms with Crippen molar-refractivity contribution in [2.45, 2.75) is 45.8 Å². The number of furan rings is 1. The van der Waals surface area contributed by atoms with Crippen LogP contribution in [0.3, 0.4) is 0 Å². The third-order valence-electron chi connectivity index (χ3n) is 4.13. The Morgan fingerprint density at radius 3 is 3.00 bits per heavy atom. The summed E-state index contributed by atoms with van der Waals surface area (Å²) in [6.45, 7) is 6.04. The van der Waals surface area contributed by atoms with Gasteiger partial charge in [0.05, 0.1) is 6.54 Å². The van der Waals surface area contributed by atoms with Crippen LogP contribution in [0.4, 0.5) is 4.79 Å². The van der Waals surface area contributed by atoms with Gasteiger partial charge in [-0.25, -0.2) is 4.79 Å². The van der Waals surface area contributed by atoms with Crippen LogP contribution >= 0.6 is 0 Å². The molecule has 2 aromatic heterocycles. The summed E-state index contributed by atoms with van der Waals surface area (Å²) in [4.78, 5) is 18.3. The van der Waals surface area contributed by atoms with Crippen molar-refractivity contribution in [1.82, 2.24) is 20.4 Å². The molecule has 0 unspecified atom stereocenters. The number of carbonyl (C=O) groups is 1. The number of aromatic nitrogens is 2. The molecule has 8 heteroatoms. The van der Waals surface area contributed by atoms with E-state index in [0.717, 1.165) is 31.0 Å². The minimum Gasteiger partial charge on any atom is -0.464 e. The van der Waals surface area contributed by atoms with Crippen molar-refractivity contribution in [3.05, 3.63) is 35.4 Å². The third kappa shape index (κ3) is 4.60. The normalized spacial score (nSPS) is 17.0. The highest BCUT2D eigenvalue weighted by molar-refractivity contribution is 5.74. The van der Waals surface area contributed by atoms with E-state index < -0.39 is 0 Å². The van der Waals surface area contributed by atoms with Gasteiger partial charge in [0.15, 0.2) is 5.82 Å². The van der Waals surface area contributed by atoms with Crippen molar-refractivity contribution in [3.8, 4) is 0 Å². The summed E-state index contributed by atoms with van der Waals surface area (Å²) < 4.78 is 16.3. The number of urea groups is 1. The van der Waals surface area contributed by atoms with E-state index in [-0.39, 0.29) is 12.1 Å². The molecule has 25 heavy (non-hydrogen) atoms. The standard InChI is InChI=1S/C17H24N4O4/c1-3-21(11-13-7-6-12(2)24-13)17(22)18-9-8-15-19-16(25-20-15)14-5-4-10-23-14/h6-7,14H,3-5,8-11H2,1-2H3,(H,18,22)/t14-/m1/s1. The number of hydrogen-bond acceptors (Lipinski definition) is 6. The molecule has 1 aliphatic rings. The molecule has 0 aliphatic carbocycles. The Hall–Kier alpha value is -2.35.